The van der Waals surface area contributed by atoms with E-state index in [4.69, 9.17) is 4.52 Å². The molecule has 0 bridgehead atoms. The van der Waals surface area contributed by atoms with Gasteiger partial charge in [0.1, 0.15) is 11.6 Å². The lowest BCUT2D eigenvalue weighted by Crippen LogP contribution is -2.27. The maximum absolute atomic E-state index is 14.0. The number of aryl methyl sites for hydroxylation is 2. The molecule has 158 valence electrons. The Labute approximate surface area is 175 Å². The first-order valence-corrected chi connectivity index (χ1v) is 10.3. The van der Waals surface area contributed by atoms with E-state index in [0.29, 0.717) is 29.5 Å². The van der Waals surface area contributed by atoms with Crippen molar-refractivity contribution in [1.29, 1.82) is 0 Å². The van der Waals surface area contributed by atoms with Gasteiger partial charge in [0, 0.05) is 29.3 Å². The van der Waals surface area contributed by atoms with Crippen LogP contribution in [0.5, 0.6) is 0 Å². The highest BCUT2D eigenvalue weighted by molar-refractivity contribution is 6.03. The smallest absolute Gasteiger partial charge is 0.279 e. The van der Waals surface area contributed by atoms with Crippen LogP contribution >= 0.6 is 0 Å². The molecule has 6 nitrogen and oxygen atoms in total. The Hall–Kier alpha value is -2.96. The fourth-order valence-corrected chi connectivity index (χ4v) is 4.02. The molecule has 0 radical (unpaired) electrons. The highest BCUT2D eigenvalue weighted by Gasteiger charge is 2.34. The van der Waals surface area contributed by atoms with Gasteiger partial charge in [-0.2, -0.15) is 5.10 Å². The lowest BCUT2D eigenvalue weighted by atomic mass is 9.71. The van der Waals surface area contributed by atoms with Crippen LogP contribution in [0.1, 0.15) is 60.3 Å². The third kappa shape index (κ3) is 4.01. The van der Waals surface area contributed by atoms with E-state index in [9.17, 15) is 9.18 Å². The molecule has 1 aliphatic rings. The lowest BCUT2D eigenvalue weighted by molar-refractivity contribution is 0.101. The van der Waals surface area contributed by atoms with Crippen LogP contribution in [0, 0.1) is 24.1 Å². The second-order valence-corrected chi connectivity index (χ2v) is 9.11. The van der Waals surface area contributed by atoms with Gasteiger partial charge >= 0.3 is 0 Å². The van der Waals surface area contributed by atoms with Gasteiger partial charge in [0.05, 0.1) is 6.54 Å². The second-order valence-electron chi connectivity index (χ2n) is 9.11. The lowest BCUT2D eigenvalue weighted by Gasteiger charge is -2.33. The van der Waals surface area contributed by atoms with Crippen LogP contribution in [0.2, 0.25) is 0 Å². The molecule has 0 spiro atoms. The number of anilines is 1. The van der Waals surface area contributed by atoms with Gasteiger partial charge in [-0.3, -0.25) is 9.48 Å². The number of fused-ring (bicyclic) bond motifs is 1. The normalized spacial score (nSPS) is 16.4. The number of carbonyl (C=O) groups excluding carboxylic acids is 1. The van der Waals surface area contributed by atoms with Crippen LogP contribution in [-0.2, 0) is 19.4 Å². The van der Waals surface area contributed by atoms with Gasteiger partial charge in [0.15, 0.2) is 11.5 Å². The molecule has 0 saturated heterocycles. The van der Waals surface area contributed by atoms with Crippen molar-refractivity contribution in [1.82, 2.24) is 14.9 Å². The van der Waals surface area contributed by atoms with E-state index in [1.165, 1.54) is 6.07 Å². The van der Waals surface area contributed by atoms with Gasteiger partial charge in [0.25, 0.3) is 5.91 Å². The summed E-state index contributed by atoms with van der Waals surface area (Å²) in [5.74, 6) is 1.08. The quantitative estimate of drug-likeness (QED) is 0.672. The summed E-state index contributed by atoms with van der Waals surface area (Å²) in [6, 6.07) is 8.36. The van der Waals surface area contributed by atoms with E-state index >= 15 is 0 Å². The number of hydrogen-bond acceptors (Lipinski definition) is 4. The zero-order valence-electron chi connectivity index (χ0n) is 17.8. The molecule has 0 aliphatic heterocycles. The van der Waals surface area contributed by atoms with Gasteiger partial charge in [-0.05, 0) is 37.2 Å². The van der Waals surface area contributed by atoms with Crippen LogP contribution < -0.4 is 5.32 Å². The van der Waals surface area contributed by atoms with Crippen molar-refractivity contribution in [2.24, 2.45) is 11.3 Å². The fourth-order valence-electron chi connectivity index (χ4n) is 4.02. The van der Waals surface area contributed by atoms with E-state index in [-0.39, 0.29) is 17.1 Å². The number of carbonyl (C=O) groups is 1. The fraction of sp³-hybridized carbons (Fsp3) is 0.435. The molecule has 4 rings (SSSR count). The van der Waals surface area contributed by atoms with Crippen molar-refractivity contribution < 1.29 is 13.7 Å². The zero-order chi connectivity index (χ0) is 21.5. The van der Waals surface area contributed by atoms with Crippen molar-refractivity contribution in [3.63, 3.8) is 0 Å². The molecular weight excluding hydrogens is 383 g/mol. The molecule has 1 amide bonds. The molecule has 1 aliphatic carbocycles. The van der Waals surface area contributed by atoms with Gasteiger partial charge in [-0.15, -0.1) is 0 Å². The number of nitrogens with one attached hydrogen (secondary N) is 1. The van der Waals surface area contributed by atoms with Crippen molar-refractivity contribution in [2.75, 3.05) is 5.32 Å². The minimum atomic E-state index is -0.329. The number of halogens is 1. The number of benzene rings is 1. The maximum atomic E-state index is 14.0. The maximum Gasteiger partial charge on any atom is 0.279 e. The first-order valence-electron chi connectivity index (χ1n) is 10.3. The summed E-state index contributed by atoms with van der Waals surface area (Å²) in [6.45, 7) is 8.83. The van der Waals surface area contributed by atoms with Crippen LogP contribution in [-0.4, -0.2) is 20.8 Å². The summed E-state index contributed by atoms with van der Waals surface area (Å²) in [6.07, 6.45) is 2.62. The van der Waals surface area contributed by atoms with Crippen molar-refractivity contribution in [3.8, 4) is 0 Å². The Morgan fingerprint density at radius 3 is 2.83 bits per heavy atom. The minimum Gasteiger partial charge on any atom is -0.360 e. The highest BCUT2D eigenvalue weighted by Crippen LogP contribution is 2.38. The first kappa shape index (κ1) is 20.3. The van der Waals surface area contributed by atoms with Crippen molar-refractivity contribution in [2.45, 2.75) is 53.5 Å². The molecule has 1 atom stereocenters. The summed E-state index contributed by atoms with van der Waals surface area (Å²) in [5.41, 5.74) is 2.76. The summed E-state index contributed by atoms with van der Waals surface area (Å²) in [7, 11) is 0. The summed E-state index contributed by atoms with van der Waals surface area (Å²) in [4.78, 5) is 12.9. The number of aromatic nitrogens is 3. The zero-order valence-corrected chi connectivity index (χ0v) is 17.8. The average molecular weight is 410 g/mol. The number of amides is 1. The molecule has 30 heavy (non-hydrogen) atoms. The Morgan fingerprint density at radius 2 is 2.10 bits per heavy atom. The third-order valence-electron chi connectivity index (χ3n) is 5.98. The minimum absolute atomic E-state index is 0.158. The topological polar surface area (TPSA) is 73.0 Å². The van der Waals surface area contributed by atoms with Crippen LogP contribution in [0.3, 0.4) is 0 Å². The molecule has 2 aromatic heterocycles. The average Bonchev–Trinajstić information content (AvgIpc) is 3.25. The first-order chi connectivity index (χ1) is 14.2. The summed E-state index contributed by atoms with van der Waals surface area (Å²) < 4.78 is 21.1. The monoisotopic (exact) mass is 410 g/mol. The van der Waals surface area contributed by atoms with E-state index in [1.54, 1.807) is 28.9 Å². The predicted molar refractivity (Wildman–Crippen MR) is 112 cm³/mol. The number of nitrogens with zero attached hydrogens (tertiary/aromatic N) is 3. The van der Waals surface area contributed by atoms with Gasteiger partial charge in [0.2, 0.25) is 0 Å². The Kier molecular flexibility index (Phi) is 5.22. The van der Waals surface area contributed by atoms with Crippen LogP contribution in [0.15, 0.2) is 34.9 Å². The SMILES string of the molecule is Cc1cc(NC(=O)c2noc3c2CC(C(C)(C)C)CC3)nn1Cc1ccccc1F. The summed E-state index contributed by atoms with van der Waals surface area (Å²) in [5, 5.41) is 11.3. The van der Waals surface area contributed by atoms with E-state index in [2.05, 4.69) is 36.3 Å². The number of rotatable bonds is 4. The van der Waals surface area contributed by atoms with Crippen LogP contribution in [0.25, 0.3) is 0 Å². The molecule has 3 aromatic rings. The molecule has 1 N–H and O–H groups in total. The molecule has 1 unspecified atom stereocenters. The third-order valence-corrected chi connectivity index (χ3v) is 5.98. The molecular formula is C23H27FN4O2. The van der Waals surface area contributed by atoms with Gasteiger partial charge in [-0.1, -0.05) is 44.1 Å². The Morgan fingerprint density at radius 1 is 1.33 bits per heavy atom. The van der Waals surface area contributed by atoms with Gasteiger partial charge in [-0.25, -0.2) is 4.39 Å². The number of hydrogen-bond donors (Lipinski definition) is 1. The van der Waals surface area contributed by atoms with E-state index in [0.717, 1.165) is 36.3 Å². The standard InChI is InChI=1S/C23H27FN4O2/c1-14-11-20(26-28(14)13-15-7-5-6-8-18(15)24)25-22(29)21-17-12-16(23(2,3)4)9-10-19(17)30-27-21/h5-8,11,16H,9-10,12-13H2,1-4H3,(H,25,26,29). The molecule has 7 heteroatoms. The molecule has 0 fully saturated rings. The van der Waals surface area contributed by atoms with Crippen molar-refractivity contribution in [3.05, 3.63) is 64.4 Å². The van der Waals surface area contributed by atoms with E-state index in [1.807, 2.05) is 6.92 Å². The second kappa shape index (κ2) is 7.70. The van der Waals surface area contributed by atoms with Crippen molar-refractivity contribution >= 4 is 11.7 Å². The Balaban J connectivity index is 1.51. The van der Waals surface area contributed by atoms with Crippen LogP contribution in [0.4, 0.5) is 10.2 Å². The molecule has 1 aromatic carbocycles. The molecule has 0 saturated carbocycles. The highest BCUT2D eigenvalue weighted by atomic mass is 19.1. The largest absolute Gasteiger partial charge is 0.360 e. The summed E-state index contributed by atoms with van der Waals surface area (Å²) >= 11 is 0. The predicted octanol–water partition coefficient (Wildman–Crippen LogP) is 4.77. The van der Waals surface area contributed by atoms with Gasteiger partial charge < -0.3 is 9.84 Å². The van der Waals surface area contributed by atoms with E-state index < -0.39 is 0 Å². The Bertz CT molecular complexity index is 1080. The molecule has 2 heterocycles.